The van der Waals surface area contributed by atoms with Gasteiger partial charge < -0.3 is 14.6 Å². The van der Waals surface area contributed by atoms with Crippen molar-refractivity contribution in [3.8, 4) is 5.75 Å². The van der Waals surface area contributed by atoms with Crippen LogP contribution in [0.3, 0.4) is 0 Å². The van der Waals surface area contributed by atoms with Crippen LogP contribution < -0.4 is 10.1 Å². The Hall–Kier alpha value is -3.34. The van der Waals surface area contributed by atoms with Gasteiger partial charge in [-0.05, 0) is 53.9 Å². The molecule has 0 aliphatic carbocycles. The number of halogens is 1. The Morgan fingerprint density at radius 3 is 2.43 bits per heavy atom. The summed E-state index contributed by atoms with van der Waals surface area (Å²) in [5.74, 6) is 1.45. The van der Waals surface area contributed by atoms with Crippen molar-refractivity contribution >= 4 is 17.0 Å². The van der Waals surface area contributed by atoms with Crippen molar-refractivity contribution in [1.82, 2.24) is 9.55 Å². The number of fused-ring (bicyclic) bond motifs is 3. The number of nitrogens with zero attached hydrogens (tertiary/aromatic N) is 2. The zero-order valence-corrected chi connectivity index (χ0v) is 15.5. The third-order valence-corrected chi connectivity index (χ3v) is 5.44. The highest BCUT2D eigenvalue weighted by atomic mass is 19.1. The first-order chi connectivity index (χ1) is 13.7. The summed E-state index contributed by atoms with van der Waals surface area (Å²) in [6.07, 6.45) is 0.839. The lowest BCUT2D eigenvalue weighted by Crippen LogP contribution is -2.27. The van der Waals surface area contributed by atoms with Gasteiger partial charge in [0, 0.05) is 0 Å². The average Bonchev–Trinajstić information content (AvgIpc) is 3.12. The van der Waals surface area contributed by atoms with Gasteiger partial charge in [-0.25, -0.2) is 9.37 Å². The monoisotopic (exact) mass is 373 g/mol. The first-order valence-electron chi connectivity index (χ1n) is 9.36. The second kappa shape index (κ2) is 6.68. The van der Waals surface area contributed by atoms with E-state index in [2.05, 4.69) is 28.1 Å². The quantitative estimate of drug-likeness (QED) is 0.527. The molecule has 2 heterocycles. The molecule has 3 aromatic carbocycles. The van der Waals surface area contributed by atoms with E-state index in [1.807, 2.05) is 42.5 Å². The molecule has 5 rings (SSSR count). The number of aromatic nitrogens is 2. The molecule has 0 saturated carbocycles. The van der Waals surface area contributed by atoms with E-state index in [0.717, 1.165) is 34.7 Å². The van der Waals surface area contributed by atoms with Gasteiger partial charge in [-0.2, -0.15) is 0 Å². The highest BCUT2D eigenvalue weighted by Gasteiger charge is 2.30. The molecule has 0 radical (unpaired) electrons. The van der Waals surface area contributed by atoms with E-state index in [-0.39, 0.29) is 17.9 Å². The van der Waals surface area contributed by atoms with Crippen LogP contribution in [-0.2, 0) is 0 Å². The van der Waals surface area contributed by atoms with Crippen molar-refractivity contribution in [2.75, 3.05) is 12.4 Å². The minimum absolute atomic E-state index is 0.0528. The van der Waals surface area contributed by atoms with Crippen LogP contribution >= 0.6 is 0 Å². The van der Waals surface area contributed by atoms with Crippen LogP contribution in [0, 0.1) is 5.82 Å². The van der Waals surface area contributed by atoms with Gasteiger partial charge >= 0.3 is 0 Å². The number of ether oxygens (including phenoxy) is 1. The SMILES string of the molecule is COc1ccc([C@H]2C[C@@H](c3ccc(F)cc3)Nc3nc4ccccc4n32)cc1. The van der Waals surface area contributed by atoms with Crippen LogP contribution in [0.4, 0.5) is 10.3 Å². The Labute approximate surface area is 162 Å². The summed E-state index contributed by atoms with van der Waals surface area (Å²) >= 11 is 0. The number of hydrogen-bond donors (Lipinski definition) is 1. The summed E-state index contributed by atoms with van der Waals surface area (Å²) in [7, 11) is 1.67. The number of hydrogen-bond acceptors (Lipinski definition) is 3. The fourth-order valence-electron chi connectivity index (χ4n) is 4.03. The van der Waals surface area contributed by atoms with E-state index in [1.54, 1.807) is 7.11 Å². The number of nitrogens with one attached hydrogen (secondary N) is 1. The van der Waals surface area contributed by atoms with Crippen LogP contribution in [0.2, 0.25) is 0 Å². The van der Waals surface area contributed by atoms with E-state index in [9.17, 15) is 4.39 Å². The largest absolute Gasteiger partial charge is 0.497 e. The van der Waals surface area contributed by atoms with E-state index in [4.69, 9.17) is 9.72 Å². The lowest BCUT2D eigenvalue weighted by atomic mass is 9.93. The second-order valence-electron chi connectivity index (χ2n) is 7.07. The van der Waals surface area contributed by atoms with Crippen molar-refractivity contribution in [3.05, 3.63) is 89.7 Å². The summed E-state index contributed by atoms with van der Waals surface area (Å²) in [5, 5.41) is 3.55. The number of methoxy groups -OCH3 is 1. The number of benzene rings is 3. The van der Waals surface area contributed by atoms with Gasteiger partial charge in [-0.1, -0.05) is 36.4 Å². The maximum Gasteiger partial charge on any atom is 0.204 e. The second-order valence-corrected chi connectivity index (χ2v) is 7.07. The lowest BCUT2D eigenvalue weighted by Gasteiger charge is -2.33. The number of rotatable bonds is 3. The normalized spacial score (nSPS) is 18.5. The van der Waals surface area contributed by atoms with Gasteiger partial charge in [-0.15, -0.1) is 0 Å². The van der Waals surface area contributed by atoms with Crippen LogP contribution in [0.5, 0.6) is 5.75 Å². The molecule has 1 aliphatic rings. The van der Waals surface area contributed by atoms with E-state index in [1.165, 1.54) is 17.7 Å². The minimum Gasteiger partial charge on any atom is -0.497 e. The summed E-state index contributed by atoms with van der Waals surface area (Å²) in [6.45, 7) is 0. The highest BCUT2D eigenvalue weighted by Crippen LogP contribution is 2.41. The summed E-state index contributed by atoms with van der Waals surface area (Å²) < 4.78 is 21.0. The molecule has 4 nitrogen and oxygen atoms in total. The highest BCUT2D eigenvalue weighted by molar-refractivity contribution is 5.79. The minimum atomic E-state index is -0.224. The third-order valence-electron chi connectivity index (χ3n) is 5.44. The van der Waals surface area contributed by atoms with Gasteiger partial charge in [0.1, 0.15) is 11.6 Å². The molecule has 28 heavy (non-hydrogen) atoms. The Kier molecular flexibility index (Phi) is 4.01. The molecule has 0 bridgehead atoms. The van der Waals surface area contributed by atoms with Crippen molar-refractivity contribution in [2.24, 2.45) is 0 Å². The summed E-state index contributed by atoms with van der Waals surface area (Å²) in [5.41, 5.74) is 4.31. The third kappa shape index (κ3) is 2.80. The molecular formula is C23H20FN3O. The Balaban J connectivity index is 1.63. The predicted octanol–water partition coefficient (Wildman–Crippen LogP) is 5.33. The molecule has 1 aromatic heterocycles. The van der Waals surface area contributed by atoms with E-state index < -0.39 is 0 Å². The summed E-state index contributed by atoms with van der Waals surface area (Å²) in [6, 6.07) is 23.2. The zero-order chi connectivity index (χ0) is 19.1. The maximum atomic E-state index is 13.4. The average molecular weight is 373 g/mol. The molecular weight excluding hydrogens is 353 g/mol. The molecule has 0 amide bonds. The molecule has 2 atom stereocenters. The maximum absolute atomic E-state index is 13.4. The van der Waals surface area contributed by atoms with Gasteiger partial charge in [0.25, 0.3) is 0 Å². The van der Waals surface area contributed by atoms with Crippen LogP contribution in [0.25, 0.3) is 11.0 Å². The Morgan fingerprint density at radius 2 is 1.68 bits per heavy atom. The zero-order valence-electron chi connectivity index (χ0n) is 15.5. The van der Waals surface area contributed by atoms with Gasteiger partial charge in [0.2, 0.25) is 5.95 Å². The predicted molar refractivity (Wildman–Crippen MR) is 108 cm³/mol. The van der Waals surface area contributed by atoms with E-state index >= 15 is 0 Å². The first kappa shape index (κ1) is 16.8. The topological polar surface area (TPSA) is 39.1 Å². The van der Waals surface area contributed by atoms with Gasteiger partial charge in [0.05, 0.1) is 30.2 Å². The van der Waals surface area contributed by atoms with E-state index in [0.29, 0.717) is 0 Å². The molecule has 5 heteroatoms. The molecule has 0 unspecified atom stereocenters. The molecule has 1 aliphatic heterocycles. The molecule has 1 N–H and O–H groups in total. The van der Waals surface area contributed by atoms with Crippen LogP contribution in [0.15, 0.2) is 72.8 Å². The smallest absolute Gasteiger partial charge is 0.204 e. The Bertz CT molecular complexity index is 1120. The van der Waals surface area contributed by atoms with Crippen LogP contribution in [-0.4, -0.2) is 16.7 Å². The van der Waals surface area contributed by atoms with Crippen molar-refractivity contribution in [3.63, 3.8) is 0 Å². The fraction of sp³-hybridized carbons (Fsp3) is 0.174. The summed E-state index contributed by atoms with van der Waals surface area (Å²) in [4.78, 5) is 4.81. The lowest BCUT2D eigenvalue weighted by molar-refractivity contribution is 0.414. The van der Waals surface area contributed by atoms with Gasteiger partial charge in [0.15, 0.2) is 0 Å². The molecule has 140 valence electrons. The number of imidazole rings is 1. The van der Waals surface area contributed by atoms with Gasteiger partial charge in [-0.3, -0.25) is 0 Å². The molecule has 0 saturated heterocycles. The Morgan fingerprint density at radius 1 is 0.964 bits per heavy atom. The first-order valence-corrected chi connectivity index (χ1v) is 9.36. The number of anilines is 1. The van der Waals surface area contributed by atoms with Crippen molar-refractivity contribution in [2.45, 2.75) is 18.5 Å². The molecule has 0 spiro atoms. The molecule has 0 fully saturated rings. The van der Waals surface area contributed by atoms with Crippen LogP contribution in [0.1, 0.15) is 29.6 Å². The fourth-order valence-corrected chi connectivity index (χ4v) is 4.03. The van der Waals surface area contributed by atoms with Crippen molar-refractivity contribution < 1.29 is 9.13 Å². The molecule has 4 aromatic rings. The number of para-hydroxylation sites is 2. The van der Waals surface area contributed by atoms with Crippen molar-refractivity contribution in [1.29, 1.82) is 0 Å². The standard InChI is InChI=1S/C23H20FN3O/c1-28-18-12-8-16(9-13-18)22-14-20(15-6-10-17(24)11-7-15)26-23-25-19-4-2-3-5-21(19)27(22)23/h2-13,20,22H,14H2,1H3,(H,25,26)/t20-,22+/m0/s1.